The molecule has 3 fully saturated rings. The molecule has 69 heavy (non-hydrogen) atoms. The molecular formula is C53H81N5O11. The minimum atomic E-state index is -2.38. The summed E-state index contributed by atoms with van der Waals surface area (Å²) in [6.07, 6.45) is 16.1. The minimum Gasteiger partial charge on any atom is -0.460 e. The zero-order valence-corrected chi connectivity index (χ0v) is 42.8. The standard InChI is InChI=1S/C53H81N5O11/c1-11-40-29-41-22-20-38(8)53(65,69-41)50(62)51(63)57-24-16-15-19-43(57)52(64)68-45(35(5)27-39-21-23-42(46(28-39)66-9)58-31-54-55-56-58)30-44(59)34(4)26-37(7)48(61)49(67-10)47(60)36(6)25-32(2)17-13-12-14-18-33(40)3/h12-14,17-18,26,31-32,34-36,38-43,45-46,48-49,61,65H,11,15-16,19-25,27-30H2,1-10H3/b14-12+,17-13+,33-18+,37-26+/t32-,34-,35-,36?,38?,39?,40+,41+,42?,43?,45+,46?,48-,49?,53?/m1/s1. The van der Waals surface area contributed by atoms with Crippen molar-refractivity contribution >= 4 is 29.2 Å². The maximum Gasteiger partial charge on any atom is 0.329 e. The highest BCUT2D eigenvalue weighted by molar-refractivity contribution is 6.39. The molecule has 16 nitrogen and oxygen atoms in total. The molecule has 5 rings (SSSR count). The maximum atomic E-state index is 14.5. The van der Waals surface area contributed by atoms with Crippen LogP contribution in [0.25, 0.3) is 0 Å². The lowest BCUT2D eigenvalue weighted by atomic mass is 9.77. The van der Waals surface area contributed by atoms with Crippen LogP contribution >= 0.6 is 0 Å². The predicted octanol–water partition coefficient (Wildman–Crippen LogP) is 7.06. The fourth-order valence-electron chi connectivity index (χ4n) is 11.1. The van der Waals surface area contributed by atoms with Crippen LogP contribution in [0.2, 0.25) is 0 Å². The van der Waals surface area contributed by atoms with Crippen molar-refractivity contribution in [3.63, 3.8) is 0 Å². The number of aliphatic hydroxyl groups is 2. The van der Waals surface area contributed by atoms with E-state index in [0.717, 1.165) is 24.8 Å². The quantitative estimate of drug-likeness (QED) is 0.159. The smallest absolute Gasteiger partial charge is 0.329 e. The maximum absolute atomic E-state index is 14.5. The van der Waals surface area contributed by atoms with Crippen LogP contribution in [0.1, 0.15) is 145 Å². The Balaban J connectivity index is 1.46. The Kier molecular flexibility index (Phi) is 20.8. The molecule has 1 saturated carbocycles. The van der Waals surface area contributed by atoms with Crippen molar-refractivity contribution in [3.05, 3.63) is 53.9 Å². The number of ether oxygens (including phenoxy) is 4. The molecule has 1 amide bonds. The number of cyclic esters (lactones) is 1. The molecule has 2 saturated heterocycles. The van der Waals surface area contributed by atoms with Gasteiger partial charge in [0, 0.05) is 44.9 Å². The van der Waals surface area contributed by atoms with E-state index in [2.05, 4.69) is 22.4 Å². The highest BCUT2D eigenvalue weighted by atomic mass is 16.6. The Morgan fingerprint density at radius 2 is 1.67 bits per heavy atom. The largest absolute Gasteiger partial charge is 0.460 e. The van der Waals surface area contributed by atoms with Crippen molar-refractivity contribution in [2.75, 3.05) is 20.8 Å². The second kappa shape index (κ2) is 25.8. The average Bonchev–Trinajstić information content (AvgIpc) is 3.88. The normalized spacial score (nSPS) is 38.8. The molecule has 1 aliphatic carbocycles. The molecule has 4 aliphatic rings. The van der Waals surface area contributed by atoms with E-state index < -0.39 is 71.7 Å². The molecule has 1 aromatic heterocycles. The summed E-state index contributed by atoms with van der Waals surface area (Å²) in [6.45, 7) is 15.1. The highest BCUT2D eigenvalue weighted by Gasteiger charge is 2.53. The number of rotatable bonds is 7. The fourth-order valence-corrected chi connectivity index (χ4v) is 11.1. The number of piperidine rings is 1. The average molecular weight is 964 g/mol. The second-order valence-electron chi connectivity index (χ2n) is 20.8. The number of fused-ring (bicyclic) bond motifs is 3. The molecule has 2 N–H and O–H groups in total. The zero-order valence-electron chi connectivity index (χ0n) is 42.8. The van der Waals surface area contributed by atoms with Gasteiger partial charge in [-0.05, 0) is 131 Å². The summed E-state index contributed by atoms with van der Waals surface area (Å²) in [5, 5.41) is 35.3. The van der Waals surface area contributed by atoms with E-state index in [9.17, 15) is 34.2 Å². The van der Waals surface area contributed by atoms with Crippen LogP contribution < -0.4 is 0 Å². The molecule has 4 heterocycles. The van der Waals surface area contributed by atoms with Gasteiger partial charge in [0.1, 0.15) is 36.5 Å². The van der Waals surface area contributed by atoms with E-state index in [1.54, 1.807) is 45.0 Å². The molecule has 1 aromatic rings. The number of methoxy groups -OCH3 is 2. The van der Waals surface area contributed by atoms with Gasteiger partial charge in [0.05, 0.1) is 18.2 Å². The first-order chi connectivity index (χ1) is 32.8. The number of aromatic nitrogens is 4. The molecule has 384 valence electrons. The van der Waals surface area contributed by atoms with Crippen molar-refractivity contribution in [2.24, 2.45) is 41.4 Å². The van der Waals surface area contributed by atoms with Gasteiger partial charge in [0.25, 0.3) is 11.7 Å². The van der Waals surface area contributed by atoms with Crippen molar-refractivity contribution < 1.29 is 53.1 Å². The topological polar surface area (TPSA) is 210 Å². The van der Waals surface area contributed by atoms with Crippen LogP contribution in [-0.4, -0.2) is 128 Å². The first-order valence-electron chi connectivity index (χ1n) is 25.5. The number of carbonyl (C=O) groups excluding carboxylic acids is 5. The Hall–Kier alpha value is -4.22. The van der Waals surface area contributed by atoms with Crippen LogP contribution in [0.3, 0.4) is 0 Å². The molecule has 8 unspecified atom stereocenters. The number of hydrogen-bond acceptors (Lipinski definition) is 14. The van der Waals surface area contributed by atoms with Crippen molar-refractivity contribution in [3.8, 4) is 0 Å². The molecule has 3 aliphatic heterocycles. The first kappa shape index (κ1) is 55.7. The van der Waals surface area contributed by atoms with Gasteiger partial charge in [-0.2, -0.15) is 0 Å². The molecule has 0 radical (unpaired) electrons. The Labute approximate surface area is 409 Å². The van der Waals surface area contributed by atoms with Crippen LogP contribution in [-0.2, 0) is 42.9 Å². The van der Waals surface area contributed by atoms with Crippen LogP contribution in [0, 0.1) is 41.4 Å². The number of amides is 1. The molecular weight excluding hydrogens is 883 g/mol. The van der Waals surface area contributed by atoms with E-state index in [-0.39, 0.29) is 66.8 Å². The van der Waals surface area contributed by atoms with Gasteiger partial charge >= 0.3 is 5.97 Å². The molecule has 0 spiro atoms. The van der Waals surface area contributed by atoms with Gasteiger partial charge in [-0.1, -0.05) is 83.6 Å². The number of hydrogen-bond donors (Lipinski definition) is 2. The SMILES string of the molecule is CC[C@H]1C[C@@H]2CCC(C)C(O)(O2)C(=O)C(=O)N2CCCCC2C(=O)O[C@H]([C@H](C)CC2CCC(n3cnnn3)C(OC)C2)CC(=O)[C@H](C)/C=C(\C)[C@@H](O)C(OC)C(=O)C(C)C[C@H](C)/C=C/C=C/C=C/1C. The van der Waals surface area contributed by atoms with Crippen molar-refractivity contribution in [1.82, 2.24) is 25.1 Å². The van der Waals surface area contributed by atoms with Crippen molar-refractivity contribution in [1.29, 1.82) is 0 Å². The van der Waals surface area contributed by atoms with E-state index in [4.69, 9.17) is 18.9 Å². The summed E-state index contributed by atoms with van der Waals surface area (Å²) in [7, 11) is 3.05. The molecule has 2 bridgehead atoms. The monoisotopic (exact) mass is 964 g/mol. The van der Waals surface area contributed by atoms with Crippen LogP contribution in [0.5, 0.6) is 0 Å². The fraction of sp³-hybridized carbons (Fsp3) is 0.736. The third kappa shape index (κ3) is 14.2. The summed E-state index contributed by atoms with van der Waals surface area (Å²) in [5.41, 5.74) is 1.50. The summed E-state index contributed by atoms with van der Waals surface area (Å²) >= 11 is 0. The highest BCUT2D eigenvalue weighted by Crippen LogP contribution is 2.40. The summed E-state index contributed by atoms with van der Waals surface area (Å²) in [5.74, 6) is -7.56. The number of ketones is 3. The third-order valence-electron chi connectivity index (χ3n) is 15.6. The lowest BCUT2D eigenvalue weighted by Gasteiger charge is -2.43. The number of nitrogens with zero attached hydrogens (tertiary/aromatic N) is 5. The van der Waals surface area contributed by atoms with Gasteiger partial charge in [-0.3, -0.25) is 19.2 Å². The molecule has 0 aromatic carbocycles. The zero-order chi connectivity index (χ0) is 50.6. The minimum absolute atomic E-state index is 0.0417. The van der Waals surface area contributed by atoms with Crippen LogP contribution in [0.4, 0.5) is 0 Å². The molecule has 15 atom stereocenters. The second-order valence-corrected chi connectivity index (χ2v) is 20.8. The summed E-state index contributed by atoms with van der Waals surface area (Å²) in [4.78, 5) is 72.4. The van der Waals surface area contributed by atoms with E-state index in [1.165, 1.54) is 12.0 Å². The Bertz CT molecular complexity index is 2020. The summed E-state index contributed by atoms with van der Waals surface area (Å²) < 4.78 is 25.9. The lowest BCUT2D eigenvalue weighted by molar-refractivity contribution is -0.264. The van der Waals surface area contributed by atoms with Gasteiger partial charge in [-0.15, -0.1) is 5.10 Å². The number of tetrazole rings is 1. The third-order valence-corrected chi connectivity index (χ3v) is 15.6. The Morgan fingerprint density at radius 1 is 0.913 bits per heavy atom. The summed E-state index contributed by atoms with van der Waals surface area (Å²) in [6, 6.07) is -1.17. The number of esters is 1. The van der Waals surface area contributed by atoms with E-state index in [1.807, 2.05) is 58.1 Å². The molecule has 16 heteroatoms. The number of Topliss-reactive ketones (excluding diaryl/α,β-unsaturated/α-hetero) is 3. The van der Waals surface area contributed by atoms with Crippen molar-refractivity contribution in [2.45, 2.75) is 187 Å². The van der Waals surface area contributed by atoms with E-state index >= 15 is 0 Å². The van der Waals surface area contributed by atoms with Gasteiger partial charge in [0.15, 0.2) is 5.78 Å². The van der Waals surface area contributed by atoms with Gasteiger partial charge in [0.2, 0.25) is 5.79 Å². The van der Waals surface area contributed by atoms with Gasteiger partial charge in [-0.25, -0.2) is 9.48 Å². The number of allylic oxidation sites excluding steroid dienone is 7. The van der Waals surface area contributed by atoms with E-state index in [0.29, 0.717) is 56.9 Å². The predicted molar refractivity (Wildman–Crippen MR) is 259 cm³/mol. The van der Waals surface area contributed by atoms with Crippen LogP contribution in [0.15, 0.2) is 53.9 Å². The Morgan fingerprint density at radius 3 is 2.35 bits per heavy atom. The number of aliphatic hydroxyl groups excluding tert-OH is 1. The number of carbonyl (C=O) groups is 5. The van der Waals surface area contributed by atoms with Gasteiger partial charge < -0.3 is 34.1 Å². The lowest BCUT2D eigenvalue weighted by Crippen LogP contribution is -2.60. The first-order valence-corrected chi connectivity index (χ1v) is 25.5.